The minimum atomic E-state index is 0.823. The van der Waals surface area contributed by atoms with Gasteiger partial charge in [-0.05, 0) is 57.7 Å². The van der Waals surface area contributed by atoms with Crippen molar-refractivity contribution < 1.29 is 0 Å². The molecule has 0 heterocycles. The molecule has 0 aliphatic heterocycles. The van der Waals surface area contributed by atoms with Gasteiger partial charge in [0.1, 0.15) is 0 Å². The lowest BCUT2D eigenvalue weighted by Crippen LogP contribution is -2.37. The van der Waals surface area contributed by atoms with Gasteiger partial charge >= 0.3 is 0 Å². The smallest absolute Gasteiger partial charge is 0.00948 e. The van der Waals surface area contributed by atoms with Crippen molar-refractivity contribution in [2.24, 2.45) is 17.6 Å². The number of nitrogens with zero attached hydrogens (tertiary/aromatic N) is 1. The van der Waals surface area contributed by atoms with Crippen molar-refractivity contribution in [1.82, 2.24) is 4.90 Å². The Balaban J connectivity index is 2.31. The first-order chi connectivity index (χ1) is 7.63. The third kappa shape index (κ3) is 4.84. The second kappa shape index (κ2) is 7.29. The molecule has 0 saturated heterocycles. The zero-order chi connectivity index (χ0) is 12.0. The first-order valence-electron chi connectivity index (χ1n) is 7.03. The van der Waals surface area contributed by atoms with Crippen molar-refractivity contribution in [1.29, 1.82) is 0 Å². The highest BCUT2D eigenvalue weighted by molar-refractivity contribution is 4.79. The van der Waals surface area contributed by atoms with E-state index >= 15 is 0 Å². The zero-order valence-electron chi connectivity index (χ0n) is 11.4. The van der Waals surface area contributed by atoms with Gasteiger partial charge in [-0.3, -0.25) is 0 Å². The molecule has 96 valence electrons. The molecular weight excluding hydrogens is 196 g/mol. The van der Waals surface area contributed by atoms with Crippen LogP contribution in [-0.4, -0.2) is 31.1 Å². The lowest BCUT2D eigenvalue weighted by atomic mass is 9.80. The molecule has 0 aromatic rings. The normalized spacial score (nSPS) is 26.6. The van der Waals surface area contributed by atoms with Crippen LogP contribution in [0.2, 0.25) is 0 Å². The first kappa shape index (κ1) is 14.0. The van der Waals surface area contributed by atoms with E-state index < -0.39 is 0 Å². The van der Waals surface area contributed by atoms with Crippen LogP contribution >= 0.6 is 0 Å². The van der Waals surface area contributed by atoms with Crippen LogP contribution in [-0.2, 0) is 0 Å². The highest BCUT2D eigenvalue weighted by atomic mass is 15.1. The van der Waals surface area contributed by atoms with E-state index in [1.165, 1.54) is 38.6 Å². The van der Waals surface area contributed by atoms with Crippen molar-refractivity contribution in [3.63, 3.8) is 0 Å². The second-order valence-corrected chi connectivity index (χ2v) is 5.94. The fourth-order valence-electron chi connectivity index (χ4n) is 3.07. The maximum atomic E-state index is 5.57. The summed E-state index contributed by atoms with van der Waals surface area (Å²) < 4.78 is 0. The van der Waals surface area contributed by atoms with E-state index in [0.717, 1.165) is 30.8 Å². The summed E-state index contributed by atoms with van der Waals surface area (Å²) in [6, 6.07) is 0.823. The Morgan fingerprint density at radius 3 is 2.69 bits per heavy atom. The molecule has 0 spiro atoms. The molecule has 2 N–H and O–H groups in total. The van der Waals surface area contributed by atoms with Crippen molar-refractivity contribution >= 4 is 0 Å². The van der Waals surface area contributed by atoms with Crippen LogP contribution < -0.4 is 5.73 Å². The van der Waals surface area contributed by atoms with Gasteiger partial charge in [0, 0.05) is 6.04 Å². The van der Waals surface area contributed by atoms with Crippen molar-refractivity contribution in [3.8, 4) is 0 Å². The molecule has 0 aromatic heterocycles. The van der Waals surface area contributed by atoms with Gasteiger partial charge < -0.3 is 10.6 Å². The summed E-state index contributed by atoms with van der Waals surface area (Å²) in [5.41, 5.74) is 5.57. The fourth-order valence-corrected chi connectivity index (χ4v) is 3.07. The molecule has 1 fully saturated rings. The van der Waals surface area contributed by atoms with Gasteiger partial charge in [-0.1, -0.05) is 26.7 Å². The fraction of sp³-hybridized carbons (Fsp3) is 1.00. The third-order valence-corrected chi connectivity index (χ3v) is 3.90. The Morgan fingerprint density at radius 2 is 2.06 bits per heavy atom. The van der Waals surface area contributed by atoms with Gasteiger partial charge in [0.25, 0.3) is 0 Å². The molecule has 2 atom stereocenters. The molecule has 1 rings (SSSR count). The topological polar surface area (TPSA) is 29.3 Å². The predicted molar refractivity (Wildman–Crippen MR) is 71.5 cm³/mol. The number of nitrogens with two attached hydrogens (primary N) is 1. The van der Waals surface area contributed by atoms with Crippen molar-refractivity contribution in [2.75, 3.05) is 20.1 Å². The van der Waals surface area contributed by atoms with Gasteiger partial charge in [-0.25, -0.2) is 0 Å². The summed E-state index contributed by atoms with van der Waals surface area (Å²) in [7, 11) is 2.28. The minimum Gasteiger partial charge on any atom is -0.330 e. The van der Waals surface area contributed by atoms with E-state index in [9.17, 15) is 0 Å². The third-order valence-electron chi connectivity index (χ3n) is 3.90. The minimum absolute atomic E-state index is 0.823. The number of hydrogen-bond donors (Lipinski definition) is 1. The summed E-state index contributed by atoms with van der Waals surface area (Å²) in [5.74, 6) is 1.83. The summed E-state index contributed by atoms with van der Waals surface area (Å²) in [6.45, 7) is 6.70. The van der Waals surface area contributed by atoms with Gasteiger partial charge in [0.2, 0.25) is 0 Å². The Labute approximate surface area is 102 Å². The lowest BCUT2D eigenvalue weighted by molar-refractivity contribution is 0.147. The van der Waals surface area contributed by atoms with E-state index in [1.54, 1.807) is 0 Å². The number of rotatable bonds is 6. The standard InChI is InChI=1S/C14H30N2/c1-12(2)10-13-6-4-7-14(11-13)16(3)9-5-8-15/h12-14H,4-11,15H2,1-3H3. The molecule has 1 saturated carbocycles. The van der Waals surface area contributed by atoms with Crippen LogP contribution in [0.1, 0.15) is 52.4 Å². The average molecular weight is 226 g/mol. The zero-order valence-corrected chi connectivity index (χ0v) is 11.4. The Bertz CT molecular complexity index is 180. The molecule has 1 aliphatic carbocycles. The van der Waals surface area contributed by atoms with E-state index in [-0.39, 0.29) is 0 Å². The predicted octanol–water partition coefficient (Wildman–Crippen LogP) is 2.87. The molecular formula is C14H30N2. The largest absolute Gasteiger partial charge is 0.330 e. The van der Waals surface area contributed by atoms with Gasteiger partial charge in [0.15, 0.2) is 0 Å². The van der Waals surface area contributed by atoms with Crippen LogP contribution in [0.15, 0.2) is 0 Å². The molecule has 0 bridgehead atoms. The van der Waals surface area contributed by atoms with Gasteiger partial charge in [-0.2, -0.15) is 0 Å². The summed E-state index contributed by atoms with van der Waals surface area (Å²) in [5, 5.41) is 0. The SMILES string of the molecule is CC(C)CC1CCCC(N(C)CCCN)C1. The van der Waals surface area contributed by atoms with Gasteiger partial charge in [-0.15, -0.1) is 0 Å². The summed E-state index contributed by atoms with van der Waals surface area (Å²) >= 11 is 0. The monoisotopic (exact) mass is 226 g/mol. The Morgan fingerprint density at radius 1 is 1.31 bits per heavy atom. The van der Waals surface area contributed by atoms with E-state index in [0.29, 0.717) is 0 Å². The lowest BCUT2D eigenvalue weighted by Gasteiger charge is -2.36. The maximum Gasteiger partial charge on any atom is 0.00948 e. The highest BCUT2D eigenvalue weighted by Crippen LogP contribution is 2.31. The molecule has 0 aromatic carbocycles. The average Bonchev–Trinajstić information content (AvgIpc) is 2.25. The molecule has 16 heavy (non-hydrogen) atoms. The summed E-state index contributed by atoms with van der Waals surface area (Å²) in [4.78, 5) is 2.54. The van der Waals surface area contributed by atoms with Crippen molar-refractivity contribution in [2.45, 2.75) is 58.4 Å². The maximum absolute atomic E-state index is 5.57. The quantitative estimate of drug-likeness (QED) is 0.754. The molecule has 2 heteroatoms. The van der Waals surface area contributed by atoms with Crippen LogP contribution in [0.3, 0.4) is 0 Å². The molecule has 2 unspecified atom stereocenters. The summed E-state index contributed by atoms with van der Waals surface area (Å²) in [6.07, 6.45) is 8.26. The molecule has 0 radical (unpaired) electrons. The van der Waals surface area contributed by atoms with Crippen LogP contribution in [0.25, 0.3) is 0 Å². The van der Waals surface area contributed by atoms with E-state index in [2.05, 4.69) is 25.8 Å². The van der Waals surface area contributed by atoms with Crippen molar-refractivity contribution in [3.05, 3.63) is 0 Å². The molecule has 1 aliphatic rings. The molecule has 2 nitrogen and oxygen atoms in total. The first-order valence-corrected chi connectivity index (χ1v) is 7.03. The van der Waals surface area contributed by atoms with Crippen LogP contribution in [0, 0.1) is 11.8 Å². The second-order valence-electron chi connectivity index (χ2n) is 5.94. The van der Waals surface area contributed by atoms with E-state index in [1.807, 2.05) is 0 Å². The van der Waals surface area contributed by atoms with Crippen LogP contribution in [0.4, 0.5) is 0 Å². The Hall–Kier alpha value is -0.0800. The number of hydrogen-bond acceptors (Lipinski definition) is 2. The Kier molecular flexibility index (Phi) is 6.37. The van der Waals surface area contributed by atoms with E-state index in [4.69, 9.17) is 5.73 Å². The van der Waals surface area contributed by atoms with Gasteiger partial charge in [0.05, 0.1) is 0 Å². The highest BCUT2D eigenvalue weighted by Gasteiger charge is 2.24. The molecule has 0 amide bonds. The van der Waals surface area contributed by atoms with Crippen LogP contribution in [0.5, 0.6) is 0 Å².